The molecule has 0 N–H and O–H groups in total. The number of benzene rings is 2. The first-order valence-electron chi connectivity index (χ1n) is 8.56. The predicted octanol–water partition coefficient (Wildman–Crippen LogP) is 6.09. The molecule has 2 atom stereocenters. The molecule has 4 rings (SSSR count). The number of aryl methyl sites for hydroxylation is 2. The Morgan fingerprint density at radius 3 is 2.35 bits per heavy atom. The molecular formula is C23H24. The maximum atomic E-state index is 2.47. The summed E-state index contributed by atoms with van der Waals surface area (Å²) in [7, 11) is 0. The second kappa shape index (κ2) is 4.96. The van der Waals surface area contributed by atoms with E-state index >= 15 is 0 Å². The van der Waals surface area contributed by atoms with Crippen LogP contribution in [0.3, 0.4) is 0 Å². The van der Waals surface area contributed by atoms with Crippen LogP contribution < -0.4 is 0 Å². The van der Waals surface area contributed by atoms with Gasteiger partial charge in [-0.25, -0.2) is 0 Å². The molecule has 116 valence electrons. The molecule has 23 heavy (non-hydrogen) atoms. The van der Waals surface area contributed by atoms with Crippen molar-refractivity contribution in [2.24, 2.45) is 5.92 Å². The van der Waals surface area contributed by atoms with Crippen molar-refractivity contribution in [1.82, 2.24) is 0 Å². The summed E-state index contributed by atoms with van der Waals surface area (Å²) in [5.74, 6) is 1.11. The summed E-state index contributed by atoms with van der Waals surface area (Å²) in [6, 6.07) is 13.6. The Morgan fingerprint density at radius 1 is 0.826 bits per heavy atom. The highest BCUT2D eigenvalue weighted by atomic mass is 14.5. The SMILES string of the molecule is Cc1ccccc1-c1cc2c(cc1C)C1C=CC=CC1C2(C)C. The molecule has 0 heterocycles. The highest BCUT2D eigenvalue weighted by Gasteiger charge is 2.44. The summed E-state index contributed by atoms with van der Waals surface area (Å²) < 4.78 is 0. The Labute approximate surface area is 139 Å². The van der Waals surface area contributed by atoms with Crippen LogP contribution in [0.4, 0.5) is 0 Å². The van der Waals surface area contributed by atoms with Gasteiger partial charge in [0.15, 0.2) is 0 Å². The van der Waals surface area contributed by atoms with Crippen molar-refractivity contribution in [2.45, 2.75) is 39.0 Å². The quantitative estimate of drug-likeness (QED) is 0.598. The van der Waals surface area contributed by atoms with Crippen molar-refractivity contribution in [3.63, 3.8) is 0 Å². The number of allylic oxidation sites excluding steroid dienone is 4. The highest BCUT2D eigenvalue weighted by molar-refractivity contribution is 5.73. The van der Waals surface area contributed by atoms with Gasteiger partial charge in [-0.3, -0.25) is 0 Å². The zero-order chi connectivity index (χ0) is 16.2. The van der Waals surface area contributed by atoms with E-state index in [2.05, 4.69) is 88.4 Å². The van der Waals surface area contributed by atoms with Gasteiger partial charge in [0.25, 0.3) is 0 Å². The van der Waals surface area contributed by atoms with E-state index in [-0.39, 0.29) is 5.41 Å². The predicted molar refractivity (Wildman–Crippen MR) is 98.9 cm³/mol. The van der Waals surface area contributed by atoms with Gasteiger partial charge in [-0.15, -0.1) is 0 Å². The van der Waals surface area contributed by atoms with Crippen molar-refractivity contribution in [3.05, 3.63) is 83.0 Å². The topological polar surface area (TPSA) is 0 Å². The molecule has 2 aromatic carbocycles. The molecule has 0 saturated carbocycles. The molecule has 2 aromatic rings. The zero-order valence-electron chi connectivity index (χ0n) is 14.4. The first-order valence-corrected chi connectivity index (χ1v) is 8.56. The second-order valence-corrected chi connectivity index (χ2v) is 7.61. The molecule has 0 radical (unpaired) electrons. The van der Waals surface area contributed by atoms with Crippen molar-refractivity contribution in [3.8, 4) is 11.1 Å². The lowest BCUT2D eigenvalue weighted by molar-refractivity contribution is 0.394. The summed E-state index contributed by atoms with van der Waals surface area (Å²) in [5.41, 5.74) is 8.72. The molecule has 2 aliphatic rings. The van der Waals surface area contributed by atoms with Crippen LogP contribution in [0.5, 0.6) is 0 Å². The minimum Gasteiger partial charge on any atom is -0.0796 e. The average molecular weight is 300 g/mol. The maximum absolute atomic E-state index is 2.47. The molecule has 0 saturated heterocycles. The molecular weight excluding hydrogens is 276 g/mol. The van der Waals surface area contributed by atoms with Crippen LogP contribution in [0.2, 0.25) is 0 Å². The molecule has 2 aliphatic carbocycles. The summed E-state index contributed by atoms with van der Waals surface area (Å²) in [6.45, 7) is 9.26. The molecule has 0 aliphatic heterocycles. The zero-order valence-corrected chi connectivity index (χ0v) is 14.4. The van der Waals surface area contributed by atoms with Gasteiger partial charge in [0.2, 0.25) is 0 Å². The first kappa shape index (κ1) is 14.5. The fraction of sp³-hybridized carbons (Fsp3) is 0.304. The van der Waals surface area contributed by atoms with E-state index < -0.39 is 0 Å². The molecule has 0 nitrogen and oxygen atoms in total. The van der Waals surface area contributed by atoms with Gasteiger partial charge in [-0.05, 0) is 58.6 Å². The molecule has 0 spiro atoms. The van der Waals surface area contributed by atoms with E-state index in [0.717, 1.165) is 0 Å². The minimum atomic E-state index is 0.187. The van der Waals surface area contributed by atoms with Gasteiger partial charge >= 0.3 is 0 Å². The fourth-order valence-corrected chi connectivity index (χ4v) is 4.50. The van der Waals surface area contributed by atoms with E-state index in [9.17, 15) is 0 Å². The molecule has 2 unspecified atom stereocenters. The van der Waals surface area contributed by atoms with Crippen molar-refractivity contribution < 1.29 is 0 Å². The van der Waals surface area contributed by atoms with Gasteiger partial charge in [0.1, 0.15) is 0 Å². The minimum absolute atomic E-state index is 0.187. The summed E-state index contributed by atoms with van der Waals surface area (Å²) in [4.78, 5) is 0. The van der Waals surface area contributed by atoms with Crippen LogP contribution in [0.1, 0.15) is 42.0 Å². The molecule has 0 aromatic heterocycles. The third-order valence-electron chi connectivity index (χ3n) is 5.85. The van der Waals surface area contributed by atoms with Gasteiger partial charge in [0.05, 0.1) is 0 Å². The van der Waals surface area contributed by atoms with Gasteiger partial charge in [-0.2, -0.15) is 0 Å². The maximum Gasteiger partial charge on any atom is 0.00954 e. The van der Waals surface area contributed by atoms with Crippen molar-refractivity contribution >= 4 is 0 Å². The average Bonchev–Trinajstić information content (AvgIpc) is 2.76. The van der Waals surface area contributed by atoms with Crippen LogP contribution in [-0.4, -0.2) is 0 Å². The van der Waals surface area contributed by atoms with Crippen molar-refractivity contribution in [2.75, 3.05) is 0 Å². The molecule has 0 bridgehead atoms. The monoisotopic (exact) mass is 300 g/mol. The molecule has 0 heteroatoms. The largest absolute Gasteiger partial charge is 0.0796 e. The van der Waals surface area contributed by atoms with E-state index in [4.69, 9.17) is 0 Å². The lowest BCUT2D eigenvalue weighted by atomic mass is 9.74. The Morgan fingerprint density at radius 2 is 1.57 bits per heavy atom. The van der Waals surface area contributed by atoms with Crippen LogP contribution in [0, 0.1) is 19.8 Å². The summed E-state index contributed by atoms with van der Waals surface area (Å²) in [6.07, 6.45) is 9.19. The van der Waals surface area contributed by atoms with Crippen molar-refractivity contribution in [1.29, 1.82) is 0 Å². The Hall–Kier alpha value is -2.08. The number of hydrogen-bond acceptors (Lipinski definition) is 0. The third-order valence-corrected chi connectivity index (χ3v) is 5.85. The van der Waals surface area contributed by atoms with Gasteiger partial charge in [-0.1, -0.05) is 74.5 Å². The molecule has 0 amide bonds. The van der Waals surface area contributed by atoms with Crippen LogP contribution in [-0.2, 0) is 5.41 Å². The highest BCUT2D eigenvalue weighted by Crippen LogP contribution is 2.54. The van der Waals surface area contributed by atoms with Gasteiger partial charge < -0.3 is 0 Å². The lowest BCUT2D eigenvalue weighted by Crippen LogP contribution is -2.24. The van der Waals surface area contributed by atoms with Crippen LogP contribution in [0.25, 0.3) is 11.1 Å². The molecule has 0 fully saturated rings. The van der Waals surface area contributed by atoms with E-state index in [1.807, 2.05) is 0 Å². The normalized spacial score (nSPS) is 23.7. The summed E-state index contributed by atoms with van der Waals surface area (Å²) >= 11 is 0. The first-order chi connectivity index (χ1) is 11.0. The van der Waals surface area contributed by atoms with Crippen LogP contribution in [0.15, 0.2) is 60.7 Å². The number of rotatable bonds is 1. The lowest BCUT2D eigenvalue weighted by Gasteiger charge is -2.29. The number of fused-ring (bicyclic) bond motifs is 3. The standard InChI is InChI=1S/C23H24/c1-15-9-5-6-10-17(15)19-14-22-20(13-16(19)2)18-11-7-8-12-21(18)23(22,3)4/h5-14,18,21H,1-4H3. The van der Waals surface area contributed by atoms with Gasteiger partial charge in [0, 0.05) is 5.92 Å². The van der Waals surface area contributed by atoms with E-state index in [1.165, 1.54) is 33.4 Å². The fourth-order valence-electron chi connectivity index (χ4n) is 4.50. The van der Waals surface area contributed by atoms with Crippen LogP contribution >= 0.6 is 0 Å². The Kier molecular flexibility index (Phi) is 3.13. The van der Waals surface area contributed by atoms with E-state index in [1.54, 1.807) is 0 Å². The Balaban J connectivity index is 1.94. The second-order valence-electron chi connectivity index (χ2n) is 7.61. The summed E-state index contributed by atoms with van der Waals surface area (Å²) in [5, 5.41) is 0. The Bertz CT molecular complexity index is 833. The number of hydrogen-bond donors (Lipinski definition) is 0. The third kappa shape index (κ3) is 2.05. The smallest absolute Gasteiger partial charge is 0.00954 e. The van der Waals surface area contributed by atoms with E-state index in [0.29, 0.717) is 11.8 Å².